The van der Waals surface area contributed by atoms with E-state index in [0.717, 1.165) is 18.2 Å². The van der Waals surface area contributed by atoms with Gasteiger partial charge in [0.05, 0.1) is 16.1 Å². The molecule has 0 aliphatic carbocycles. The van der Waals surface area contributed by atoms with E-state index in [1.165, 1.54) is 18.2 Å². The number of aromatic nitrogens is 1. The van der Waals surface area contributed by atoms with Crippen molar-refractivity contribution in [1.82, 2.24) is 4.98 Å². The third-order valence-corrected chi connectivity index (χ3v) is 4.70. The van der Waals surface area contributed by atoms with Gasteiger partial charge in [0.1, 0.15) is 5.82 Å². The van der Waals surface area contributed by atoms with Crippen molar-refractivity contribution in [3.63, 3.8) is 0 Å². The van der Waals surface area contributed by atoms with Gasteiger partial charge >= 0.3 is 11.9 Å². The van der Waals surface area contributed by atoms with E-state index in [0.29, 0.717) is 6.20 Å². The maximum atomic E-state index is 12.7. The van der Waals surface area contributed by atoms with Gasteiger partial charge in [0.25, 0.3) is 0 Å². The molecule has 2 aromatic rings. The van der Waals surface area contributed by atoms with Crippen LogP contribution in [0.2, 0.25) is 0 Å². The summed E-state index contributed by atoms with van der Waals surface area (Å²) in [5.74, 6) is -3.35. The smallest absolute Gasteiger partial charge is 0.382 e. The van der Waals surface area contributed by atoms with E-state index in [9.17, 15) is 30.4 Å². The highest BCUT2D eigenvalue weighted by molar-refractivity contribution is 7.91. The lowest BCUT2D eigenvalue weighted by Gasteiger charge is -2.13. The third-order valence-electron chi connectivity index (χ3n) is 3.27. The minimum atomic E-state index is -4.75. The third kappa shape index (κ3) is 4.81. The van der Waals surface area contributed by atoms with Gasteiger partial charge in [-0.1, -0.05) is 12.1 Å². The maximum Gasteiger partial charge on any atom is 0.417 e. The van der Waals surface area contributed by atoms with Crippen molar-refractivity contribution in [3.8, 4) is 0 Å². The Kier molecular flexibility index (Phi) is 6.01. The van der Waals surface area contributed by atoms with Crippen LogP contribution < -0.4 is 10.6 Å². The second-order valence-electron chi connectivity index (χ2n) is 5.09. The summed E-state index contributed by atoms with van der Waals surface area (Å²) in [5, 5.41) is 5.43. The zero-order chi connectivity index (χ0) is 19.4. The minimum absolute atomic E-state index is 0.00924. The number of para-hydroxylation sites is 1. The Hall–Kier alpha value is -2.43. The molecule has 0 aliphatic heterocycles. The molecule has 0 fully saturated rings. The number of rotatable bonds is 7. The molecule has 0 atom stereocenters. The van der Waals surface area contributed by atoms with Crippen LogP contribution in [0.1, 0.15) is 5.56 Å². The number of alkyl halides is 5. The molecule has 1 aromatic carbocycles. The number of anilines is 2. The van der Waals surface area contributed by atoms with Gasteiger partial charge in [-0.15, -0.1) is 0 Å². The molecule has 0 aliphatic rings. The normalized spacial score (nSPS) is 12.2. The van der Waals surface area contributed by atoms with Gasteiger partial charge in [-0.3, -0.25) is 0 Å². The van der Waals surface area contributed by atoms with Crippen LogP contribution in [0.3, 0.4) is 0 Å². The van der Waals surface area contributed by atoms with Gasteiger partial charge < -0.3 is 10.6 Å². The molecule has 142 valence electrons. The molecule has 1 aromatic heterocycles. The lowest BCUT2D eigenvalue weighted by Crippen LogP contribution is -2.18. The van der Waals surface area contributed by atoms with E-state index in [2.05, 4.69) is 15.6 Å². The summed E-state index contributed by atoms with van der Waals surface area (Å²) in [6.45, 7) is 0.292. The SMILES string of the molecule is O=S(=O)(c1ccccc1NCCNc1ccc(C(F)(F)F)cn1)C(F)F. The first-order chi connectivity index (χ1) is 12.1. The van der Waals surface area contributed by atoms with Crippen LogP contribution in [-0.4, -0.2) is 32.2 Å². The first-order valence-corrected chi connectivity index (χ1v) is 8.79. The summed E-state index contributed by atoms with van der Waals surface area (Å²) in [5.41, 5.74) is -0.873. The van der Waals surface area contributed by atoms with Crippen LogP contribution in [0, 0.1) is 0 Å². The Morgan fingerprint density at radius 3 is 2.23 bits per heavy atom. The molecule has 0 saturated carbocycles. The van der Waals surface area contributed by atoms with Crippen molar-refractivity contribution in [2.24, 2.45) is 0 Å². The fourth-order valence-corrected chi connectivity index (χ4v) is 2.92. The number of pyridine rings is 1. The Labute approximate surface area is 146 Å². The second-order valence-corrected chi connectivity index (χ2v) is 6.97. The van der Waals surface area contributed by atoms with E-state index < -0.39 is 32.2 Å². The first kappa shape index (κ1) is 19.9. The van der Waals surface area contributed by atoms with Gasteiger partial charge in [-0.05, 0) is 24.3 Å². The average Bonchev–Trinajstić information content (AvgIpc) is 2.58. The van der Waals surface area contributed by atoms with Crippen LogP contribution in [0.15, 0.2) is 47.5 Å². The highest BCUT2D eigenvalue weighted by Gasteiger charge is 2.30. The van der Waals surface area contributed by atoms with Crippen molar-refractivity contribution >= 4 is 21.3 Å². The number of nitrogens with one attached hydrogen (secondary N) is 2. The molecule has 11 heteroatoms. The van der Waals surface area contributed by atoms with Crippen LogP contribution in [0.5, 0.6) is 0 Å². The zero-order valence-electron chi connectivity index (χ0n) is 13.1. The second kappa shape index (κ2) is 7.85. The molecule has 0 unspecified atom stereocenters. The minimum Gasteiger partial charge on any atom is -0.382 e. The molecular formula is C15H14F5N3O2S. The van der Waals surface area contributed by atoms with Gasteiger partial charge in [0.2, 0.25) is 9.84 Å². The standard InChI is InChI=1S/C15H14F5N3O2S/c16-14(17)26(24,25)12-4-2-1-3-11(12)21-7-8-22-13-6-5-10(9-23-13)15(18,19)20/h1-6,9,14,21H,7-8H2,(H,22,23). The van der Waals surface area contributed by atoms with Crippen molar-refractivity contribution in [2.45, 2.75) is 16.8 Å². The quantitative estimate of drug-likeness (QED) is 0.554. The van der Waals surface area contributed by atoms with E-state index in [1.54, 1.807) is 0 Å². The van der Waals surface area contributed by atoms with Gasteiger partial charge in [-0.25, -0.2) is 13.4 Å². The maximum absolute atomic E-state index is 12.7. The molecule has 0 spiro atoms. The van der Waals surface area contributed by atoms with E-state index >= 15 is 0 Å². The Balaban J connectivity index is 1.95. The fourth-order valence-electron chi connectivity index (χ4n) is 2.01. The van der Waals surface area contributed by atoms with Crippen molar-refractivity contribution in [1.29, 1.82) is 0 Å². The molecule has 0 amide bonds. The molecule has 0 bridgehead atoms. The van der Waals surface area contributed by atoms with Crippen LogP contribution in [-0.2, 0) is 16.0 Å². The van der Waals surface area contributed by atoms with E-state index in [1.807, 2.05) is 0 Å². The fraction of sp³-hybridized carbons (Fsp3) is 0.267. The number of nitrogens with zero attached hydrogens (tertiary/aromatic N) is 1. The number of hydrogen-bond donors (Lipinski definition) is 2. The monoisotopic (exact) mass is 395 g/mol. The first-order valence-electron chi connectivity index (χ1n) is 7.24. The van der Waals surface area contributed by atoms with E-state index in [-0.39, 0.29) is 24.6 Å². The van der Waals surface area contributed by atoms with Crippen molar-refractivity contribution in [3.05, 3.63) is 48.2 Å². The molecule has 2 N–H and O–H groups in total. The molecular weight excluding hydrogens is 381 g/mol. The summed E-state index contributed by atoms with van der Waals surface area (Å²) < 4.78 is 85.9. The Bertz CT molecular complexity index is 839. The molecule has 2 rings (SSSR count). The number of hydrogen-bond acceptors (Lipinski definition) is 5. The molecule has 0 saturated heterocycles. The van der Waals surface area contributed by atoms with Crippen molar-refractivity contribution < 1.29 is 30.4 Å². The summed E-state index contributed by atoms with van der Waals surface area (Å²) in [6.07, 6.45) is -3.80. The number of benzene rings is 1. The van der Waals surface area contributed by atoms with Crippen LogP contribution in [0.25, 0.3) is 0 Å². The molecule has 5 nitrogen and oxygen atoms in total. The van der Waals surface area contributed by atoms with Gasteiger partial charge in [0, 0.05) is 19.3 Å². The van der Waals surface area contributed by atoms with Crippen LogP contribution in [0.4, 0.5) is 33.5 Å². The predicted octanol–water partition coefficient (Wildman–Crippen LogP) is 3.62. The van der Waals surface area contributed by atoms with Gasteiger partial charge in [-0.2, -0.15) is 22.0 Å². The number of halogens is 5. The highest BCUT2D eigenvalue weighted by Crippen LogP contribution is 2.29. The van der Waals surface area contributed by atoms with Crippen LogP contribution >= 0.6 is 0 Å². The summed E-state index contributed by atoms with van der Waals surface area (Å²) >= 11 is 0. The zero-order valence-corrected chi connectivity index (χ0v) is 13.9. The van der Waals surface area contributed by atoms with Gasteiger partial charge in [0.15, 0.2) is 0 Å². The largest absolute Gasteiger partial charge is 0.417 e. The predicted molar refractivity (Wildman–Crippen MR) is 85.9 cm³/mol. The lowest BCUT2D eigenvalue weighted by atomic mass is 10.3. The lowest BCUT2D eigenvalue weighted by molar-refractivity contribution is -0.137. The van der Waals surface area contributed by atoms with E-state index in [4.69, 9.17) is 0 Å². The van der Waals surface area contributed by atoms with Crippen molar-refractivity contribution in [2.75, 3.05) is 23.7 Å². The topological polar surface area (TPSA) is 71.1 Å². The molecule has 26 heavy (non-hydrogen) atoms. The molecule has 0 radical (unpaired) electrons. The summed E-state index contributed by atoms with van der Waals surface area (Å²) in [7, 11) is -4.75. The average molecular weight is 395 g/mol. The molecule has 1 heterocycles. The Morgan fingerprint density at radius 2 is 1.65 bits per heavy atom. The summed E-state index contributed by atoms with van der Waals surface area (Å²) in [4.78, 5) is 3.09. The highest BCUT2D eigenvalue weighted by atomic mass is 32.2. The summed E-state index contributed by atoms with van der Waals surface area (Å²) in [6, 6.07) is 7.23. The number of sulfone groups is 1. The Morgan fingerprint density at radius 1 is 1.00 bits per heavy atom.